The summed E-state index contributed by atoms with van der Waals surface area (Å²) in [4.78, 5) is 38.8. The first-order chi connectivity index (χ1) is 15.5. The maximum absolute atomic E-state index is 11.7. The second kappa shape index (κ2) is 9.54. The van der Waals surface area contributed by atoms with Crippen LogP contribution in [0.2, 0.25) is 0 Å². The quantitative estimate of drug-likeness (QED) is 0.668. The molecule has 170 valence electrons. The summed E-state index contributed by atoms with van der Waals surface area (Å²) in [5.41, 5.74) is 3.08. The van der Waals surface area contributed by atoms with Gasteiger partial charge in [0.2, 0.25) is 11.9 Å². The largest absolute Gasteiger partial charge is 0.368 e. The molecular formula is C24H32N6O2. The fraction of sp³-hybridized carbons (Fsp3) is 0.500. The minimum absolute atomic E-state index is 0.140. The summed E-state index contributed by atoms with van der Waals surface area (Å²) in [6.07, 6.45) is 5.47. The lowest BCUT2D eigenvalue weighted by Gasteiger charge is -2.35. The molecule has 1 amide bonds. The number of carbonyl (C=O) groups excluding carboxylic acids is 2. The van der Waals surface area contributed by atoms with Crippen molar-refractivity contribution >= 4 is 35.3 Å². The molecule has 0 aliphatic carbocycles. The van der Waals surface area contributed by atoms with Crippen molar-refractivity contribution in [1.82, 2.24) is 14.9 Å². The topological polar surface area (TPSA) is 81.7 Å². The van der Waals surface area contributed by atoms with E-state index in [0.717, 1.165) is 68.1 Å². The summed E-state index contributed by atoms with van der Waals surface area (Å²) in [7, 11) is 0. The van der Waals surface area contributed by atoms with Gasteiger partial charge in [0.15, 0.2) is 0 Å². The normalized spacial score (nSPS) is 18.1. The van der Waals surface area contributed by atoms with Crippen LogP contribution < -0.4 is 15.1 Å². The summed E-state index contributed by atoms with van der Waals surface area (Å²) >= 11 is 0. The molecule has 8 nitrogen and oxygen atoms in total. The van der Waals surface area contributed by atoms with Crippen LogP contribution in [0.15, 0.2) is 30.5 Å². The van der Waals surface area contributed by atoms with Crippen LogP contribution >= 0.6 is 0 Å². The van der Waals surface area contributed by atoms with Crippen LogP contribution in [0.4, 0.5) is 23.1 Å². The highest BCUT2D eigenvalue weighted by atomic mass is 16.2. The van der Waals surface area contributed by atoms with Gasteiger partial charge in [0.1, 0.15) is 12.1 Å². The zero-order valence-corrected chi connectivity index (χ0v) is 19.1. The first kappa shape index (κ1) is 22.0. The van der Waals surface area contributed by atoms with Crippen molar-refractivity contribution in [3.63, 3.8) is 0 Å². The van der Waals surface area contributed by atoms with Gasteiger partial charge in [0.05, 0.1) is 6.04 Å². The molecular weight excluding hydrogens is 404 g/mol. The summed E-state index contributed by atoms with van der Waals surface area (Å²) in [6.45, 7) is 9.11. The van der Waals surface area contributed by atoms with E-state index in [0.29, 0.717) is 12.4 Å². The number of piperazine rings is 1. The molecule has 32 heavy (non-hydrogen) atoms. The maximum Gasteiger partial charge on any atom is 0.229 e. The number of amides is 1. The van der Waals surface area contributed by atoms with Crippen molar-refractivity contribution in [2.45, 2.75) is 52.1 Å². The van der Waals surface area contributed by atoms with Gasteiger partial charge < -0.3 is 24.8 Å². The number of fused-ring (bicyclic) bond motifs is 1. The fourth-order valence-corrected chi connectivity index (χ4v) is 4.71. The second-order valence-corrected chi connectivity index (χ2v) is 8.49. The van der Waals surface area contributed by atoms with Gasteiger partial charge in [0.25, 0.3) is 0 Å². The van der Waals surface area contributed by atoms with Crippen molar-refractivity contribution in [2.24, 2.45) is 0 Å². The Morgan fingerprint density at radius 3 is 2.44 bits per heavy atom. The molecule has 1 aromatic heterocycles. The Hall–Kier alpha value is -3.16. The van der Waals surface area contributed by atoms with Gasteiger partial charge in [-0.1, -0.05) is 13.8 Å². The van der Waals surface area contributed by atoms with Gasteiger partial charge in [0, 0.05) is 68.7 Å². The van der Waals surface area contributed by atoms with Crippen molar-refractivity contribution < 1.29 is 9.59 Å². The molecule has 1 unspecified atom stereocenters. The van der Waals surface area contributed by atoms with Gasteiger partial charge >= 0.3 is 0 Å². The van der Waals surface area contributed by atoms with E-state index in [1.807, 2.05) is 23.2 Å². The summed E-state index contributed by atoms with van der Waals surface area (Å²) in [5.74, 6) is 1.54. The highest BCUT2D eigenvalue weighted by molar-refractivity contribution is 5.74. The van der Waals surface area contributed by atoms with Gasteiger partial charge in [-0.2, -0.15) is 4.98 Å². The number of aromatic nitrogens is 2. The molecule has 3 heterocycles. The molecule has 0 spiro atoms. The molecule has 2 aromatic rings. The number of nitrogens with zero attached hydrogens (tertiary/aromatic N) is 5. The van der Waals surface area contributed by atoms with Crippen molar-refractivity contribution in [3.8, 4) is 0 Å². The molecule has 1 aromatic carbocycles. The highest BCUT2D eigenvalue weighted by Crippen LogP contribution is 2.34. The van der Waals surface area contributed by atoms with Gasteiger partial charge in [-0.25, -0.2) is 4.98 Å². The number of anilines is 4. The van der Waals surface area contributed by atoms with E-state index in [2.05, 4.69) is 46.1 Å². The Kier molecular flexibility index (Phi) is 6.58. The van der Waals surface area contributed by atoms with Crippen LogP contribution in [-0.2, 0) is 16.0 Å². The van der Waals surface area contributed by atoms with Crippen LogP contribution in [0, 0.1) is 0 Å². The molecule has 1 atom stereocenters. The monoisotopic (exact) mass is 436 g/mol. The average Bonchev–Trinajstić information content (AvgIpc) is 3.18. The predicted molar refractivity (Wildman–Crippen MR) is 127 cm³/mol. The standard InChI is InChI=1S/C24H32N6O2/c1-4-20(5-2)30-22(16-31)14-18-15-25-24(27-23(18)30)26-19-6-8-21(9-7-19)29-12-10-28(11-13-29)17(3)32/h6-9,15-16,20,22H,4-5,10-14H2,1-3H3,(H,25,26,27). The highest BCUT2D eigenvalue weighted by Gasteiger charge is 2.34. The number of hydrogen-bond donors (Lipinski definition) is 1. The lowest BCUT2D eigenvalue weighted by atomic mass is 10.1. The molecule has 8 heteroatoms. The zero-order chi connectivity index (χ0) is 22.7. The smallest absolute Gasteiger partial charge is 0.229 e. The van der Waals surface area contributed by atoms with Crippen molar-refractivity contribution in [2.75, 3.05) is 41.3 Å². The van der Waals surface area contributed by atoms with Crippen LogP contribution in [0.5, 0.6) is 0 Å². The van der Waals surface area contributed by atoms with Crippen LogP contribution in [0.1, 0.15) is 39.2 Å². The lowest BCUT2D eigenvalue weighted by Crippen LogP contribution is -2.48. The van der Waals surface area contributed by atoms with Gasteiger partial charge in [-0.15, -0.1) is 0 Å². The summed E-state index contributed by atoms with van der Waals surface area (Å²) in [6, 6.07) is 8.33. The molecule has 0 radical (unpaired) electrons. The van der Waals surface area contributed by atoms with E-state index < -0.39 is 0 Å². The van der Waals surface area contributed by atoms with E-state index in [1.54, 1.807) is 6.92 Å². The third-order valence-corrected chi connectivity index (χ3v) is 6.58. The minimum atomic E-state index is -0.165. The molecule has 0 saturated carbocycles. The number of nitrogens with one attached hydrogen (secondary N) is 1. The molecule has 1 fully saturated rings. The van der Waals surface area contributed by atoms with E-state index in [9.17, 15) is 9.59 Å². The average molecular weight is 437 g/mol. The lowest BCUT2D eigenvalue weighted by molar-refractivity contribution is -0.129. The summed E-state index contributed by atoms with van der Waals surface area (Å²) < 4.78 is 0. The predicted octanol–water partition coefficient (Wildman–Crippen LogP) is 3.01. The molecule has 0 bridgehead atoms. The number of hydrogen-bond acceptors (Lipinski definition) is 7. The van der Waals surface area contributed by atoms with Crippen LogP contribution in [0.3, 0.4) is 0 Å². The second-order valence-electron chi connectivity index (χ2n) is 8.49. The first-order valence-corrected chi connectivity index (χ1v) is 11.5. The minimum Gasteiger partial charge on any atom is -0.368 e. The summed E-state index contributed by atoms with van der Waals surface area (Å²) in [5, 5.41) is 3.31. The fourth-order valence-electron chi connectivity index (χ4n) is 4.71. The maximum atomic E-state index is 11.7. The first-order valence-electron chi connectivity index (χ1n) is 11.5. The SMILES string of the molecule is CCC(CC)N1c2nc(Nc3ccc(N4CCN(C(C)=O)CC4)cc3)ncc2CC1C=O. The number of rotatable bonds is 7. The van der Waals surface area contributed by atoms with Gasteiger partial charge in [-0.3, -0.25) is 4.79 Å². The Morgan fingerprint density at radius 2 is 1.84 bits per heavy atom. The molecule has 4 rings (SSSR count). The van der Waals surface area contributed by atoms with E-state index in [-0.39, 0.29) is 18.0 Å². The number of carbonyl (C=O) groups is 2. The molecule has 2 aliphatic heterocycles. The number of aldehydes is 1. The number of benzene rings is 1. The molecule has 1 N–H and O–H groups in total. The van der Waals surface area contributed by atoms with Crippen LogP contribution in [0.25, 0.3) is 0 Å². The van der Waals surface area contributed by atoms with Crippen LogP contribution in [-0.4, -0.2) is 65.3 Å². The van der Waals surface area contributed by atoms with Crippen molar-refractivity contribution in [1.29, 1.82) is 0 Å². The Balaban J connectivity index is 1.46. The van der Waals surface area contributed by atoms with E-state index >= 15 is 0 Å². The molecule has 1 saturated heterocycles. The van der Waals surface area contributed by atoms with E-state index in [1.165, 1.54) is 0 Å². The Morgan fingerprint density at radius 1 is 1.16 bits per heavy atom. The van der Waals surface area contributed by atoms with E-state index in [4.69, 9.17) is 4.98 Å². The third-order valence-electron chi connectivity index (χ3n) is 6.58. The Bertz CT molecular complexity index is 951. The third kappa shape index (κ3) is 4.40. The van der Waals surface area contributed by atoms with Crippen molar-refractivity contribution in [3.05, 3.63) is 36.0 Å². The zero-order valence-electron chi connectivity index (χ0n) is 19.1. The van der Waals surface area contributed by atoms with Gasteiger partial charge in [-0.05, 0) is 37.1 Å². The Labute approximate surface area is 189 Å². The molecule has 2 aliphatic rings.